The van der Waals surface area contributed by atoms with Crippen molar-refractivity contribution in [1.29, 1.82) is 0 Å². The van der Waals surface area contributed by atoms with E-state index in [1.807, 2.05) is 41.8 Å². The minimum atomic E-state index is -3.53. The van der Waals surface area contributed by atoms with Crippen LogP contribution in [0.25, 0.3) is 0 Å². The van der Waals surface area contributed by atoms with Gasteiger partial charge in [0.05, 0.1) is 23.4 Å². The predicted octanol–water partition coefficient (Wildman–Crippen LogP) is 3.94. The number of nitrogens with zero attached hydrogens (tertiary/aromatic N) is 1. The van der Waals surface area contributed by atoms with Gasteiger partial charge in [0, 0.05) is 12.2 Å². The van der Waals surface area contributed by atoms with Crippen LogP contribution < -0.4 is 14.4 Å². The van der Waals surface area contributed by atoms with E-state index in [-0.39, 0.29) is 11.7 Å². The van der Waals surface area contributed by atoms with Gasteiger partial charge in [-0.3, -0.25) is 9.52 Å². The molecule has 1 aromatic heterocycles. The Balaban J connectivity index is 1.45. The van der Waals surface area contributed by atoms with Crippen LogP contribution in [0.1, 0.15) is 20.8 Å². The highest BCUT2D eigenvalue weighted by molar-refractivity contribution is 7.92. The first kappa shape index (κ1) is 20.4. The van der Waals surface area contributed by atoms with Gasteiger partial charge in [-0.2, -0.15) is 0 Å². The maximum Gasteiger partial charge on any atom is 0.268 e. The molecule has 1 N–H and O–H groups in total. The SMILES string of the molecule is COc1ccc(CCS(=O)(=O)Nc2ccc3c(c2)N(C(=O)c2cccs2)CC3)cc1. The molecule has 3 aromatic rings. The van der Waals surface area contributed by atoms with Gasteiger partial charge in [-0.1, -0.05) is 24.3 Å². The van der Waals surface area contributed by atoms with Gasteiger partial charge in [-0.15, -0.1) is 11.3 Å². The number of rotatable bonds is 7. The number of methoxy groups -OCH3 is 1. The molecule has 2 aromatic carbocycles. The van der Waals surface area contributed by atoms with E-state index in [4.69, 9.17) is 4.74 Å². The largest absolute Gasteiger partial charge is 0.497 e. The average Bonchev–Trinajstić information content (AvgIpc) is 3.42. The van der Waals surface area contributed by atoms with Crippen LogP contribution >= 0.6 is 11.3 Å². The first-order valence-corrected chi connectivity index (χ1v) is 12.1. The minimum absolute atomic E-state index is 0.0335. The molecule has 0 saturated heterocycles. The highest BCUT2D eigenvalue weighted by atomic mass is 32.2. The Bertz CT molecular complexity index is 1140. The fraction of sp³-hybridized carbons (Fsp3) is 0.227. The lowest BCUT2D eigenvalue weighted by Gasteiger charge is -2.17. The van der Waals surface area contributed by atoms with Crippen molar-refractivity contribution in [2.75, 3.05) is 29.0 Å². The first-order chi connectivity index (χ1) is 14.4. The van der Waals surface area contributed by atoms with E-state index in [9.17, 15) is 13.2 Å². The molecule has 0 radical (unpaired) electrons. The van der Waals surface area contributed by atoms with Crippen molar-refractivity contribution in [2.24, 2.45) is 0 Å². The number of benzene rings is 2. The van der Waals surface area contributed by atoms with E-state index in [0.29, 0.717) is 23.5 Å². The molecule has 1 amide bonds. The van der Waals surface area contributed by atoms with Crippen LogP contribution in [0.5, 0.6) is 5.75 Å². The summed E-state index contributed by atoms with van der Waals surface area (Å²) in [6.45, 7) is 0.597. The van der Waals surface area contributed by atoms with Crippen LogP contribution in [0.4, 0.5) is 11.4 Å². The van der Waals surface area contributed by atoms with Crippen LogP contribution in [-0.4, -0.2) is 33.7 Å². The zero-order valence-electron chi connectivity index (χ0n) is 16.5. The Kier molecular flexibility index (Phi) is 5.78. The van der Waals surface area contributed by atoms with E-state index in [1.54, 1.807) is 30.2 Å². The normalized spacial score (nSPS) is 13.2. The number of anilines is 2. The maximum atomic E-state index is 12.8. The first-order valence-electron chi connectivity index (χ1n) is 9.57. The number of thiophene rings is 1. The monoisotopic (exact) mass is 442 g/mol. The van der Waals surface area contributed by atoms with Gasteiger partial charge in [0.2, 0.25) is 10.0 Å². The van der Waals surface area contributed by atoms with Crippen LogP contribution in [0.2, 0.25) is 0 Å². The molecule has 8 heteroatoms. The molecule has 1 aliphatic heterocycles. The number of ether oxygens (including phenoxy) is 1. The number of sulfonamides is 1. The molecule has 4 rings (SSSR count). The summed E-state index contributed by atoms with van der Waals surface area (Å²) in [5.41, 5.74) is 3.20. The zero-order chi connectivity index (χ0) is 21.1. The molecule has 0 unspecified atom stereocenters. The van der Waals surface area contributed by atoms with E-state index >= 15 is 0 Å². The molecule has 0 atom stereocenters. The van der Waals surface area contributed by atoms with Gasteiger partial charge in [0.15, 0.2) is 0 Å². The summed E-state index contributed by atoms with van der Waals surface area (Å²) in [7, 11) is -1.94. The van der Waals surface area contributed by atoms with Crippen molar-refractivity contribution in [3.05, 3.63) is 76.0 Å². The molecule has 0 bridgehead atoms. The van der Waals surface area contributed by atoms with Gasteiger partial charge < -0.3 is 9.64 Å². The summed E-state index contributed by atoms with van der Waals surface area (Å²) in [5, 5.41) is 1.87. The third kappa shape index (κ3) is 4.49. The van der Waals surface area contributed by atoms with Gasteiger partial charge >= 0.3 is 0 Å². The van der Waals surface area contributed by atoms with Crippen LogP contribution in [0, 0.1) is 0 Å². The summed E-state index contributed by atoms with van der Waals surface area (Å²) in [6.07, 6.45) is 1.16. The number of carbonyl (C=O) groups is 1. The third-order valence-electron chi connectivity index (χ3n) is 5.05. The summed E-state index contributed by atoms with van der Waals surface area (Å²) in [5.74, 6) is 0.650. The van der Waals surface area contributed by atoms with E-state index in [0.717, 1.165) is 29.0 Å². The van der Waals surface area contributed by atoms with Crippen molar-refractivity contribution >= 4 is 38.6 Å². The number of nitrogens with one attached hydrogen (secondary N) is 1. The van der Waals surface area contributed by atoms with Gasteiger partial charge in [0.25, 0.3) is 5.91 Å². The zero-order valence-corrected chi connectivity index (χ0v) is 18.1. The molecule has 0 fully saturated rings. The molecule has 0 aliphatic carbocycles. The average molecular weight is 443 g/mol. The van der Waals surface area contributed by atoms with Crippen LogP contribution in [-0.2, 0) is 22.9 Å². The fourth-order valence-corrected chi connectivity index (χ4v) is 5.23. The number of carbonyl (C=O) groups excluding carboxylic acids is 1. The van der Waals surface area contributed by atoms with Crippen molar-refractivity contribution in [1.82, 2.24) is 0 Å². The lowest BCUT2D eigenvalue weighted by Crippen LogP contribution is -2.28. The molecule has 6 nitrogen and oxygen atoms in total. The Morgan fingerprint density at radius 3 is 2.67 bits per heavy atom. The predicted molar refractivity (Wildman–Crippen MR) is 120 cm³/mol. The number of hydrogen-bond acceptors (Lipinski definition) is 5. The molecular formula is C22H22N2O4S2. The summed E-state index contributed by atoms with van der Waals surface area (Å²) in [4.78, 5) is 15.2. The maximum absolute atomic E-state index is 12.8. The lowest BCUT2D eigenvalue weighted by atomic mass is 10.1. The van der Waals surface area contributed by atoms with Gasteiger partial charge in [0.1, 0.15) is 5.75 Å². The third-order valence-corrected chi connectivity index (χ3v) is 7.20. The fourth-order valence-electron chi connectivity index (χ4n) is 3.46. The number of aryl methyl sites for hydroxylation is 1. The molecule has 0 spiro atoms. The summed E-state index contributed by atoms with van der Waals surface area (Å²) >= 11 is 1.40. The van der Waals surface area contributed by atoms with Crippen molar-refractivity contribution in [2.45, 2.75) is 12.8 Å². The molecule has 1 aliphatic rings. The Morgan fingerprint density at radius 1 is 1.17 bits per heavy atom. The summed E-state index contributed by atoms with van der Waals surface area (Å²) < 4.78 is 32.9. The summed E-state index contributed by atoms with van der Waals surface area (Å²) in [6, 6.07) is 16.4. The molecule has 0 saturated carbocycles. The van der Waals surface area contributed by atoms with Crippen molar-refractivity contribution in [3.63, 3.8) is 0 Å². The number of fused-ring (bicyclic) bond motifs is 1. The Hall–Kier alpha value is -2.84. The van der Waals surface area contributed by atoms with Gasteiger partial charge in [-0.25, -0.2) is 8.42 Å². The molecule has 2 heterocycles. The second-order valence-corrected chi connectivity index (χ2v) is 9.84. The second-order valence-electron chi connectivity index (χ2n) is 7.05. The van der Waals surface area contributed by atoms with E-state index in [2.05, 4.69) is 4.72 Å². The van der Waals surface area contributed by atoms with Gasteiger partial charge in [-0.05, 0) is 59.7 Å². The molecular weight excluding hydrogens is 420 g/mol. The van der Waals surface area contributed by atoms with Crippen LogP contribution in [0.3, 0.4) is 0 Å². The highest BCUT2D eigenvalue weighted by Crippen LogP contribution is 2.33. The van der Waals surface area contributed by atoms with E-state index in [1.165, 1.54) is 11.3 Å². The van der Waals surface area contributed by atoms with Crippen molar-refractivity contribution < 1.29 is 17.9 Å². The van der Waals surface area contributed by atoms with Crippen molar-refractivity contribution in [3.8, 4) is 5.75 Å². The molecule has 30 heavy (non-hydrogen) atoms. The quantitative estimate of drug-likeness (QED) is 0.601. The molecule has 156 valence electrons. The number of hydrogen-bond donors (Lipinski definition) is 1. The topological polar surface area (TPSA) is 75.7 Å². The lowest BCUT2D eigenvalue weighted by molar-refractivity contribution is 0.0993. The smallest absolute Gasteiger partial charge is 0.268 e. The second kappa shape index (κ2) is 8.49. The highest BCUT2D eigenvalue weighted by Gasteiger charge is 2.26. The standard InChI is InChI=1S/C22H22N2O4S2/c1-28-19-8-4-16(5-9-19)11-14-30(26,27)23-18-7-6-17-10-12-24(20(17)15-18)22(25)21-3-2-13-29-21/h2-9,13,15,23H,10-12,14H2,1H3. The van der Waals surface area contributed by atoms with Crippen LogP contribution in [0.15, 0.2) is 60.0 Å². The number of amides is 1. The minimum Gasteiger partial charge on any atom is -0.497 e. The Morgan fingerprint density at radius 2 is 1.97 bits per heavy atom. The Labute approximate surface area is 180 Å². The van der Waals surface area contributed by atoms with E-state index < -0.39 is 10.0 Å².